The van der Waals surface area contributed by atoms with Crippen LogP contribution < -0.4 is 69.3 Å². The Hall–Kier alpha value is 1.92. The van der Waals surface area contributed by atoms with Crippen LogP contribution in [0.2, 0.25) is 0 Å². The van der Waals surface area contributed by atoms with Crippen molar-refractivity contribution in [3.63, 3.8) is 0 Å². The summed E-state index contributed by atoms with van der Waals surface area (Å²) in [5, 5.41) is 19.1. The molecule has 0 aliphatic carbocycles. The fourth-order valence-electron chi connectivity index (χ4n) is 0.236. The average molecular weight is 134 g/mol. The molecule has 0 rings (SSSR count). The molecule has 0 spiro atoms. The molecular formula is C4H8Na2O2. The molecule has 0 saturated carbocycles. The maximum atomic E-state index is 9.57. The van der Waals surface area contributed by atoms with Crippen molar-refractivity contribution in [2.75, 3.05) is 0 Å². The van der Waals surface area contributed by atoms with E-state index < -0.39 is 6.29 Å². The van der Waals surface area contributed by atoms with Gasteiger partial charge in [0.05, 0.1) is 0 Å². The summed E-state index contributed by atoms with van der Waals surface area (Å²) in [6, 6.07) is 0. The molecule has 2 nitrogen and oxygen atoms in total. The normalized spacial score (nSPS) is 7.50. The van der Waals surface area contributed by atoms with Crippen LogP contribution in [0.15, 0.2) is 0 Å². The Balaban J connectivity index is -0.000000125. The molecule has 0 unspecified atom stereocenters. The van der Waals surface area contributed by atoms with E-state index in [1.165, 1.54) is 0 Å². The van der Waals surface area contributed by atoms with Gasteiger partial charge in [-0.15, -0.1) is 0 Å². The first kappa shape index (κ1) is 16.5. The molecule has 0 amide bonds. The summed E-state index contributed by atoms with van der Waals surface area (Å²) in [6.07, 6.45) is -0.632. The largest absolute Gasteiger partial charge is 1.00 e. The minimum absolute atomic E-state index is 0. The van der Waals surface area contributed by atoms with E-state index in [1.54, 1.807) is 0 Å². The number of hydrogen-bond donors (Lipinski definition) is 0. The van der Waals surface area contributed by atoms with Gasteiger partial charge >= 0.3 is 59.1 Å². The van der Waals surface area contributed by atoms with Gasteiger partial charge in [-0.25, -0.2) is 6.29 Å². The molecule has 8 heavy (non-hydrogen) atoms. The predicted molar refractivity (Wildman–Crippen MR) is 18.7 cm³/mol. The van der Waals surface area contributed by atoms with Crippen LogP contribution >= 0.6 is 0 Å². The molecule has 0 aromatic rings. The quantitative estimate of drug-likeness (QED) is 0.278. The Morgan fingerprint density at radius 2 is 1.62 bits per heavy atom. The second kappa shape index (κ2) is 11.7. The minimum atomic E-state index is -1.60. The summed E-state index contributed by atoms with van der Waals surface area (Å²) >= 11 is 0. The van der Waals surface area contributed by atoms with Gasteiger partial charge in [0.15, 0.2) is 0 Å². The van der Waals surface area contributed by atoms with Gasteiger partial charge in [-0.1, -0.05) is 19.8 Å². The van der Waals surface area contributed by atoms with E-state index in [4.69, 9.17) is 0 Å². The minimum Gasteiger partial charge on any atom is -0.865 e. The zero-order valence-corrected chi connectivity index (χ0v) is 9.81. The zero-order valence-electron chi connectivity index (χ0n) is 5.81. The van der Waals surface area contributed by atoms with Gasteiger partial charge in [-0.2, -0.15) is 0 Å². The summed E-state index contributed by atoms with van der Waals surface area (Å²) in [4.78, 5) is 0. The van der Waals surface area contributed by atoms with Crippen LogP contribution in [-0.2, 0) is 0 Å². The molecule has 0 fully saturated rings. The van der Waals surface area contributed by atoms with Gasteiger partial charge in [0.2, 0.25) is 0 Å². The fourth-order valence-corrected chi connectivity index (χ4v) is 0.236. The Bertz CT molecular complexity index is 33.2. The molecule has 4 heteroatoms. The van der Waals surface area contributed by atoms with Crippen molar-refractivity contribution in [1.29, 1.82) is 0 Å². The first-order chi connectivity index (χ1) is 2.77. The van der Waals surface area contributed by atoms with E-state index in [0.29, 0.717) is 6.42 Å². The standard InChI is InChI=1S/C4H8O2.2Na/c1-2-3-4(5)6;;/h4H,2-3H2,1H3;;/q-2;2*+1. The van der Waals surface area contributed by atoms with Gasteiger partial charge in [0.25, 0.3) is 0 Å². The van der Waals surface area contributed by atoms with Crippen molar-refractivity contribution in [3.8, 4) is 0 Å². The molecule has 0 heterocycles. The van der Waals surface area contributed by atoms with E-state index in [9.17, 15) is 10.2 Å². The second-order valence-corrected chi connectivity index (χ2v) is 1.22. The molecule has 0 aromatic heterocycles. The van der Waals surface area contributed by atoms with Crippen LogP contribution in [0.3, 0.4) is 0 Å². The third-order valence-electron chi connectivity index (χ3n) is 0.524. The Kier molecular flexibility index (Phi) is 24.1. The van der Waals surface area contributed by atoms with Crippen LogP contribution in [0.5, 0.6) is 0 Å². The van der Waals surface area contributed by atoms with Crippen LogP contribution in [0.1, 0.15) is 19.8 Å². The third-order valence-corrected chi connectivity index (χ3v) is 0.524. The molecule has 0 atom stereocenters. The molecule has 38 valence electrons. The smallest absolute Gasteiger partial charge is 0.865 e. The molecule has 0 aliphatic heterocycles. The van der Waals surface area contributed by atoms with Gasteiger partial charge in [-0.3, -0.25) is 0 Å². The van der Waals surface area contributed by atoms with Gasteiger partial charge in [0, 0.05) is 0 Å². The third kappa shape index (κ3) is 15.7. The van der Waals surface area contributed by atoms with Gasteiger partial charge < -0.3 is 10.2 Å². The average Bonchev–Trinajstić information content (AvgIpc) is 1.35. The molecule has 0 N–H and O–H groups in total. The Labute approximate surface area is 94.2 Å². The van der Waals surface area contributed by atoms with E-state index >= 15 is 0 Å². The summed E-state index contributed by atoms with van der Waals surface area (Å²) in [7, 11) is 0. The first-order valence-corrected chi connectivity index (χ1v) is 2.09. The van der Waals surface area contributed by atoms with Crippen molar-refractivity contribution < 1.29 is 69.3 Å². The van der Waals surface area contributed by atoms with Crippen molar-refractivity contribution in [2.45, 2.75) is 26.1 Å². The number of hydrogen-bond acceptors (Lipinski definition) is 2. The van der Waals surface area contributed by atoms with E-state index in [0.717, 1.165) is 0 Å². The Morgan fingerprint density at radius 1 is 1.25 bits per heavy atom. The molecule has 0 bridgehead atoms. The van der Waals surface area contributed by atoms with Crippen LogP contribution in [0, 0.1) is 0 Å². The summed E-state index contributed by atoms with van der Waals surface area (Å²) in [5.41, 5.74) is 0. The predicted octanol–water partition coefficient (Wildman–Crippen LogP) is -7.16. The second-order valence-electron chi connectivity index (χ2n) is 1.22. The van der Waals surface area contributed by atoms with Crippen molar-refractivity contribution in [2.24, 2.45) is 0 Å². The zero-order chi connectivity index (χ0) is 4.99. The van der Waals surface area contributed by atoms with Crippen LogP contribution in [-0.4, -0.2) is 6.29 Å². The van der Waals surface area contributed by atoms with Gasteiger partial charge in [-0.05, 0) is 0 Å². The maximum absolute atomic E-state index is 9.57. The van der Waals surface area contributed by atoms with E-state index in [-0.39, 0.29) is 65.5 Å². The maximum Gasteiger partial charge on any atom is 1.00 e. The fraction of sp³-hybridized carbons (Fsp3) is 1.00. The molecular weight excluding hydrogens is 126 g/mol. The van der Waals surface area contributed by atoms with Crippen molar-refractivity contribution >= 4 is 0 Å². The molecule has 0 radical (unpaired) electrons. The van der Waals surface area contributed by atoms with Crippen molar-refractivity contribution in [1.82, 2.24) is 0 Å². The van der Waals surface area contributed by atoms with Gasteiger partial charge in [0.1, 0.15) is 0 Å². The number of rotatable bonds is 2. The van der Waals surface area contributed by atoms with Crippen molar-refractivity contribution in [3.05, 3.63) is 0 Å². The Morgan fingerprint density at radius 3 is 1.62 bits per heavy atom. The molecule has 0 aromatic carbocycles. The summed E-state index contributed by atoms with van der Waals surface area (Å²) in [5.74, 6) is 0. The van der Waals surface area contributed by atoms with Crippen LogP contribution in [0.4, 0.5) is 0 Å². The van der Waals surface area contributed by atoms with E-state index in [1.807, 2.05) is 6.92 Å². The molecule has 0 aliphatic rings. The monoisotopic (exact) mass is 134 g/mol. The summed E-state index contributed by atoms with van der Waals surface area (Å²) < 4.78 is 0. The first-order valence-electron chi connectivity index (χ1n) is 2.09. The summed E-state index contributed by atoms with van der Waals surface area (Å²) in [6.45, 7) is 1.82. The van der Waals surface area contributed by atoms with E-state index in [2.05, 4.69) is 0 Å². The SMILES string of the molecule is CCCC([O-])[O-].[Na+].[Na+]. The molecule has 0 saturated heterocycles. The topological polar surface area (TPSA) is 46.1 Å². The van der Waals surface area contributed by atoms with Crippen LogP contribution in [0.25, 0.3) is 0 Å².